The van der Waals surface area contributed by atoms with E-state index in [0.717, 1.165) is 31.2 Å². The summed E-state index contributed by atoms with van der Waals surface area (Å²) in [6, 6.07) is 7.36. The van der Waals surface area contributed by atoms with E-state index in [1.165, 1.54) is 0 Å². The molecule has 1 aromatic heterocycles. The molecule has 1 amide bonds. The Labute approximate surface area is 136 Å². The maximum absolute atomic E-state index is 12.7. The molecule has 3 rings (SSSR count). The molecular weight excluding hydrogens is 312 g/mol. The van der Waals surface area contributed by atoms with Gasteiger partial charge in [0, 0.05) is 37.2 Å². The number of amides is 1. The molecule has 1 saturated heterocycles. The van der Waals surface area contributed by atoms with Gasteiger partial charge in [0.25, 0.3) is 0 Å². The monoisotopic (exact) mass is 334 g/mol. The summed E-state index contributed by atoms with van der Waals surface area (Å²) in [5.74, 6) is -0.721. The van der Waals surface area contributed by atoms with E-state index in [2.05, 4.69) is 0 Å². The lowest BCUT2D eigenvalue weighted by atomic mass is 10.2. The van der Waals surface area contributed by atoms with Gasteiger partial charge in [-0.3, -0.25) is 4.79 Å². The highest BCUT2D eigenvalue weighted by atomic mass is 32.2. The fraction of sp³-hybridized carbons (Fsp3) is 0.471. The highest BCUT2D eigenvalue weighted by Crippen LogP contribution is 2.25. The van der Waals surface area contributed by atoms with Crippen LogP contribution in [0.2, 0.25) is 0 Å². The highest BCUT2D eigenvalue weighted by molar-refractivity contribution is 7.92. The Balaban J connectivity index is 1.87. The third-order valence-corrected chi connectivity index (χ3v) is 6.09. The van der Waals surface area contributed by atoms with Gasteiger partial charge < -0.3 is 9.47 Å². The van der Waals surface area contributed by atoms with Crippen molar-refractivity contribution in [1.29, 1.82) is 0 Å². The number of carbonyl (C=O) groups excluding carboxylic acids is 1. The number of benzene rings is 1. The number of aromatic nitrogens is 1. The van der Waals surface area contributed by atoms with Gasteiger partial charge in [-0.15, -0.1) is 0 Å². The zero-order valence-electron chi connectivity index (χ0n) is 13.4. The van der Waals surface area contributed by atoms with Crippen LogP contribution in [-0.2, 0) is 21.7 Å². The van der Waals surface area contributed by atoms with Crippen LogP contribution in [-0.4, -0.2) is 42.6 Å². The summed E-state index contributed by atoms with van der Waals surface area (Å²) in [5, 5.41) is 0.679. The van der Waals surface area contributed by atoms with E-state index in [1.54, 1.807) is 21.7 Å². The van der Waals surface area contributed by atoms with Gasteiger partial charge in [-0.25, -0.2) is 8.42 Å². The largest absolute Gasteiger partial charge is 0.349 e. The van der Waals surface area contributed by atoms with Crippen LogP contribution >= 0.6 is 0 Å². The summed E-state index contributed by atoms with van der Waals surface area (Å²) in [4.78, 5) is 14.4. The summed E-state index contributed by atoms with van der Waals surface area (Å²) in [7, 11) is -1.82. The van der Waals surface area contributed by atoms with Crippen molar-refractivity contribution in [1.82, 2.24) is 9.47 Å². The van der Waals surface area contributed by atoms with Crippen LogP contribution in [0.15, 0.2) is 35.4 Å². The molecular formula is C17H22N2O3S. The molecule has 1 aromatic carbocycles. The topological polar surface area (TPSA) is 59.4 Å². The third kappa shape index (κ3) is 3.27. The molecule has 124 valence electrons. The number of rotatable bonds is 3. The molecule has 0 atom stereocenters. The first-order valence-corrected chi connectivity index (χ1v) is 9.69. The standard InChI is InChI=1S/C17H22N2O3S/c1-18-12-16(14-8-4-5-9-15(14)18)23(21,22)13-17(20)19-10-6-2-3-7-11-19/h4-5,8-9,12H,2-3,6-7,10-11,13H2,1H3. The second-order valence-corrected chi connectivity index (χ2v) is 8.13. The fourth-order valence-electron chi connectivity index (χ4n) is 3.20. The molecule has 1 aliphatic rings. The number of hydrogen-bond acceptors (Lipinski definition) is 3. The SMILES string of the molecule is Cn1cc(S(=O)(=O)CC(=O)N2CCCCCC2)c2ccccc21. The van der Waals surface area contributed by atoms with Crippen LogP contribution in [0.25, 0.3) is 10.9 Å². The van der Waals surface area contributed by atoms with E-state index >= 15 is 0 Å². The Bertz CT molecular complexity index is 815. The summed E-state index contributed by atoms with van der Waals surface area (Å²) < 4.78 is 27.3. The van der Waals surface area contributed by atoms with Crippen LogP contribution in [0.4, 0.5) is 0 Å². The highest BCUT2D eigenvalue weighted by Gasteiger charge is 2.26. The summed E-state index contributed by atoms with van der Waals surface area (Å²) in [5.41, 5.74) is 0.855. The molecule has 1 aliphatic heterocycles. The lowest BCUT2D eigenvalue weighted by Crippen LogP contribution is -2.36. The average molecular weight is 334 g/mol. The predicted octanol–water partition coefficient (Wildman–Crippen LogP) is 2.35. The molecule has 0 spiro atoms. The minimum Gasteiger partial charge on any atom is -0.349 e. The first-order chi connectivity index (χ1) is 11.0. The molecule has 0 aliphatic carbocycles. The maximum Gasteiger partial charge on any atom is 0.238 e. The predicted molar refractivity (Wildman–Crippen MR) is 90.0 cm³/mol. The summed E-state index contributed by atoms with van der Waals surface area (Å²) in [6.07, 6.45) is 5.75. The number of aryl methyl sites for hydroxylation is 1. The number of likely N-dealkylation sites (tertiary alicyclic amines) is 1. The van der Waals surface area contributed by atoms with Crippen molar-refractivity contribution in [3.8, 4) is 0 Å². The third-order valence-electron chi connectivity index (χ3n) is 4.47. The number of hydrogen-bond donors (Lipinski definition) is 0. The van der Waals surface area contributed by atoms with Crippen molar-refractivity contribution < 1.29 is 13.2 Å². The summed E-state index contributed by atoms with van der Waals surface area (Å²) >= 11 is 0. The van der Waals surface area contributed by atoms with E-state index in [9.17, 15) is 13.2 Å². The Morgan fingerprint density at radius 2 is 1.74 bits per heavy atom. The summed E-state index contributed by atoms with van der Waals surface area (Å²) in [6.45, 7) is 1.34. The van der Waals surface area contributed by atoms with Gasteiger partial charge in [0.05, 0.1) is 4.90 Å². The number of nitrogens with zero attached hydrogens (tertiary/aromatic N) is 2. The lowest BCUT2D eigenvalue weighted by Gasteiger charge is -2.20. The fourth-order valence-corrected chi connectivity index (χ4v) is 4.69. The van der Waals surface area contributed by atoms with Crippen molar-refractivity contribution in [3.63, 3.8) is 0 Å². The molecule has 2 heterocycles. The van der Waals surface area contributed by atoms with Crippen molar-refractivity contribution in [2.24, 2.45) is 7.05 Å². The molecule has 0 N–H and O–H groups in total. The van der Waals surface area contributed by atoms with Crippen molar-refractivity contribution in [3.05, 3.63) is 30.5 Å². The van der Waals surface area contributed by atoms with Crippen LogP contribution in [0.1, 0.15) is 25.7 Å². The van der Waals surface area contributed by atoms with Gasteiger partial charge in [0.2, 0.25) is 5.91 Å². The zero-order chi connectivity index (χ0) is 16.4. The van der Waals surface area contributed by atoms with E-state index in [0.29, 0.717) is 18.5 Å². The van der Waals surface area contributed by atoms with Crippen molar-refractivity contribution in [2.75, 3.05) is 18.8 Å². The maximum atomic E-state index is 12.7. The van der Waals surface area contributed by atoms with Crippen LogP contribution < -0.4 is 0 Å². The molecule has 6 heteroatoms. The van der Waals surface area contributed by atoms with E-state index in [-0.39, 0.29) is 10.8 Å². The van der Waals surface area contributed by atoms with Gasteiger partial charge in [-0.2, -0.15) is 0 Å². The lowest BCUT2D eigenvalue weighted by molar-refractivity contribution is -0.128. The zero-order valence-corrected chi connectivity index (χ0v) is 14.2. The molecule has 0 bridgehead atoms. The van der Waals surface area contributed by atoms with E-state index in [4.69, 9.17) is 0 Å². The van der Waals surface area contributed by atoms with Crippen LogP contribution in [0.3, 0.4) is 0 Å². The smallest absolute Gasteiger partial charge is 0.238 e. The molecule has 5 nitrogen and oxygen atoms in total. The number of fused-ring (bicyclic) bond motifs is 1. The minimum absolute atomic E-state index is 0.249. The number of para-hydroxylation sites is 1. The van der Waals surface area contributed by atoms with Gasteiger partial charge >= 0.3 is 0 Å². The molecule has 23 heavy (non-hydrogen) atoms. The van der Waals surface area contributed by atoms with E-state index < -0.39 is 15.6 Å². The second kappa shape index (κ2) is 6.35. The molecule has 2 aromatic rings. The molecule has 0 radical (unpaired) electrons. The second-order valence-electron chi connectivity index (χ2n) is 6.18. The van der Waals surface area contributed by atoms with Crippen LogP contribution in [0.5, 0.6) is 0 Å². The van der Waals surface area contributed by atoms with Gasteiger partial charge in [0.15, 0.2) is 9.84 Å². The van der Waals surface area contributed by atoms with Gasteiger partial charge in [-0.05, 0) is 18.9 Å². The Morgan fingerprint density at radius 1 is 1.09 bits per heavy atom. The minimum atomic E-state index is -3.64. The number of carbonyl (C=O) groups is 1. The normalized spacial score (nSPS) is 16.5. The molecule has 0 saturated carbocycles. The molecule has 1 fully saturated rings. The van der Waals surface area contributed by atoms with Gasteiger partial charge in [-0.1, -0.05) is 31.0 Å². The van der Waals surface area contributed by atoms with Gasteiger partial charge in [0.1, 0.15) is 5.75 Å². The molecule has 0 unspecified atom stereocenters. The number of sulfone groups is 1. The first-order valence-electron chi connectivity index (χ1n) is 8.03. The van der Waals surface area contributed by atoms with Crippen LogP contribution in [0, 0.1) is 0 Å². The van der Waals surface area contributed by atoms with Crippen molar-refractivity contribution in [2.45, 2.75) is 30.6 Å². The quantitative estimate of drug-likeness (QED) is 0.866. The first kappa shape index (κ1) is 16.1. The Hall–Kier alpha value is -1.82. The average Bonchev–Trinajstić information content (AvgIpc) is 2.72. The van der Waals surface area contributed by atoms with Crippen molar-refractivity contribution >= 4 is 26.6 Å². The van der Waals surface area contributed by atoms with E-state index in [1.807, 2.05) is 25.2 Å². The Kier molecular flexibility index (Phi) is 4.43. The Morgan fingerprint density at radius 3 is 2.43 bits per heavy atom.